The Kier molecular flexibility index (Phi) is 5.02. The molecule has 0 unspecified atom stereocenters. The third-order valence-electron chi connectivity index (χ3n) is 4.30. The molecule has 1 saturated heterocycles. The highest BCUT2D eigenvalue weighted by Gasteiger charge is 2.36. The second-order valence-electron chi connectivity index (χ2n) is 6.18. The van der Waals surface area contributed by atoms with Crippen molar-refractivity contribution < 1.29 is 23.9 Å². The molecule has 0 aliphatic carbocycles. The van der Waals surface area contributed by atoms with Crippen molar-refractivity contribution in [2.75, 3.05) is 18.6 Å². The van der Waals surface area contributed by atoms with Crippen LogP contribution < -0.4 is 9.64 Å². The maximum Gasteiger partial charge on any atom is 0.337 e. The van der Waals surface area contributed by atoms with Gasteiger partial charge in [-0.25, -0.2) is 4.79 Å². The lowest BCUT2D eigenvalue weighted by Gasteiger charge is -2.16. The first-order chi connectivity index (χ1) is 12.5. The first kappa shape index (κ1) is 17.7. The first-order valence-corrected chi connectivity index (χ1v) is 8.25. The van der Waals surface area contributed by atoms with Crippen LogP contribution in [0.5, 0.6) is 5.75 Å². The number of amides is 1. The molecule has 1 aliphatic heterocycles. The monoisotopic (exact) mass is 353 g/mol. The van der Waals surface area contributed by atoms with Crippen molar-refractivity contribution in [2.45, 2.75) is 13.3 Å². The van der Waals surface area contributed by atoms with Gasteiger partial charge in [-0.3, -0.25) is 9.59 Å². The maximum absolute atomic E-state index is 12.4. The summed E-state index contributed by atoms with van der Waals surface area (Å²) in [5.41, 5.74) is 2.25. The van der Waals surface area contributed by atoms with Gasteiger partial charge in [0.25, 0.3) is 0 Å². The third-order valence-corrected chi connectivity index (χ3v) is 4.30. The summed E-state index contributed by atoms with van der Waals surface area (Å²) < 4.78 is 9.97. The van der Waals surface area contributed by atoms with Crippen molar-refractivity contribution in [3.05, 3.63) is 59.7 Å². The highest BCUT2D eigenvalue weighted by molar-refractivity contribution is 5.99. The van der Waals surface area contributed by atoms with Crippen molar-refractivity contribution >= 4 is 23.5 Å². The zero-order valence-electron chi connectivity index (χ0n) is 14.6. The Morgan fingerprint density at radius 1 is 1.04 bits per heavy atom. The van der Waals surface area contributed by atoms with Crippen LogP contribution in [0.2, 0.25) is 0 Å². The smallest absolute Gasteiger partial charge is 0.337 e. The molecule has 134 valence electrons. The molecule has 0 saturated carbocycles. The number of carbonyl (C=O) groups excluding carboxylic acids is 3. The minimum Gasteiger partial charge on any atom is -0.465 e. The van der Waals surface area contributed by atoms with Crippen molar-refractivity contribution in [1.29, 1.82) is 0 Å². The second kappa shape index (κ2) is 7.39. The molecule has 6 nitrogen and oxygen atoms in total. The summed E-state index contributed by atoms with van der Waals surface area (Å²) in [5.74, 6) is -1.22. The Balaban J connectivity index is 1.64. The number of anilines is 1. The fourth-order valence-electron chi connectivity index (χ4n) is 2.82. The van der Waals surface area contributed by atoms with E-state index in [1.165, 1.54) is 31.4 Å². The van der Waals surface area contributed by atoms with E-state index in [1.54, 1.807) is 4.90 Å². The molecule has 2 aromatic rings. The Hall–Kier alpha value is -3.15. The number of hydrogen-bond acceptors (Lipinski definition) is 5. The standard InChI is InChI=1S/C20H19NO5/c1-13-3-7-16(8-4-13)21-12-15(11-18(21)22)20(24)26-17-9-5-14(6-10-17)19(23)25-2/h3-10,15H,11-12H2,1-2H3/t15-/m0/s1. The predicted molar refractivity (Wildman–Crippen MR) is 95.1 cm³/mol. The molecule has 0 radical (unpaired) electrons. The minimum absolute atomic E-state index is 0.100. The van der Waals surface area contributed by atoms with E-state index in [0.29, 0.717) is 17.9 Å². The molecule has 3 rings (SSSR count). The summed E-state index contributed by atoms with van der Waals surface area (Å²) in [6.45, 7) is 2.27. The molecule has 0 bridgehead atoms. The van der Waals surface area contributed by atoms with E-state index in [2.05, 4.69) is 4.74 Å². The zero-order chi connectivity index (χ0) is 18.7. The SMILES string of the molecule is COC(=O)c1ccc(OC(=O)[C@H]2CC(=O)N(c3ccc(C)cc3)C2)cc1. The number of esters is 2. The summed E-state index contributed by atoms with van der Waals surface area (Å²) in [6, 6.07) is 13.7. The lowest BCUT2D eigenvalue weighted by atomic mass is 10.1. The normalized spacial score (nSPS) is 16.5. The van der Waals surface area contributed by atoms with Gasteiger partial charge in [0, 0.05) is 18.7 Å². The fourth-order valence-corrected chi connectivity index (χ4v) is 2.82. The largest absolute Gasteiger partial charge is 0.465 e. The van der Waals surface area contributed by atoms with Gasteiger partial charge in [0.1, 0.15) is 5.75 Å². The van der Waals surface area contributed by atoms with Gasteiger partial charge in [0.2, 0.25) is 5.91 Å². The Morgan fingerprint density at radius 3 is 2.31 bits per heavy atom. The van der Waals surface area contributed by atoms with Crippen LogP contribution in [0.15, 0.2) is 48.5 Å². The summed E-state index contributed by atoms with van der Waals surface area (Å²) in [4.78, 5) is 37.6. The van der Waals surface area contributed by atoms with Crippen LogP contribution in [-0.4, -0.2) is 31.5 Å². The predicted octanol–water partition coefficient (Wildman–Crippen LogP) is 2.74. The summed E-state index contributed by atoms with van der Waals surface area (Å²) in [6.07, 6.45) is 0.118. The topological polar surface area (TPSA) is 72.9 Å². The number of benzene rings is 2. The van der Waals surface area contributed by atoms with Crippen LogP contribution in [0.3, 0.4) is 0 Å². The van der Waals surface area contributed by atoms with E-state index in [4.69, 9.17) is 4.74 Å². The van der Waals surface area contributed by atoms with Gasteiger partial charge in [-0.05, 0) is 43.3 Å². The summed E-state index contributed by atoms with van der Waals surface area (Å²) in [5, 5.41) is 0. The van der Waals surface area contributed by atoms with E-state index >= 15 is 0 Å². The molecule has 1 atom stereocenters. The molecule has 1 heterocycles. The van der Waals surface area contributed by atoms with Gasteiger partial charge >= 0.3 is 11.9 Å². The first-order valence-electron chi connectivity index (χ1n) is 8.25. The van der Waals surface area contributed by atoms with Gasteiger partial charge in [-0.15, -0.1) is 0 Å². The number of carbonyl (C=O) groups is 3. The zero-order valence-corrected chi connectivity index (χ0v) is 14.6. The lowest BCUT2D eigenvalue weighted by Crippen LogP contribution is -2.27. The average Bonchev–Trinajstić information content (AvgIpc) is 3.04. The van der Waals surface area contributed by atoms with Crippen LogP contribution in [0.1, 0.15) is 22.3 Å². The van der Waals surface area contributed by atoms with Crippen molar-refractivity contribution in [2.24, 2.45) is 5.92 Å². The molecule has 26 heavy (non-hydrogen) atoms. The molecular formula is C20H19NO5. The molecule has 6 heteroatoms. The summed E-state index contributed by atoms with van der Waals surface area (Å²) in [7, 11) is 1.30. The van der Waals surface area contributed by atoms with E-state index in [1.807, 2.05) is 31.2 Å². The van der Waals surface area contributed by atoms with Gasteiger partial charge in [0.05, 0.1) is 18.6 Å². The van der Waals surface area contributed by atoms with Crippen LogP contribution in [0.25, 0.3) is 0 Å². The second-order valence-corrected chi connectivity index (χ2v) is 6.18. The van der Waals surface area contributed by atoms with Crippen molar-refractivity contribution in [1.82, 2.24) is 0 Å². The molecule has 1 fully saturated rings. The number of ether oxygens (including phenoxy) is 2. The van der Waals surface area contributed by atoms with E-state index in [9.17, 15) is 14.4 Å². The molecule has 1 aliphatic rings. The number of methoxy groups -OCH3 is 1. The highest BCUT2D eigenvalue weighted by atomic mass is 16.5. The number of nitrogens with zero attached hydrogens (tertiary/aromatic N) is 1. The van der Waals surface area contributed by atoms with Crippen molar-refractivity contribution in [3.8, 4) is 5.75 Å². The van der Waals surface area contributed by atoms with Crippen LogP contribution in [0, 0.1) is 12.8 Å². The molecule has 2 aromatic carbocycles. The fraction of sp³-hybridized carbons (Fsp3) is 0.250. The number of hydrogen-bond donors (Lipinski definition) is 0. The quantitative estimate of drug-likeness (QED) is 0.624. The highest BCUT2D eigenvalue weighted by Crippen LogP contribution is 2.26. The van der Waals surface area contributed by atoms with E-state index < -0.39 is 17.9 Å². The third kappa shape index (κ3) is 3.74. The molecule has 0 N–H and O–H groups in total. The van der Waals surface area contributed by atoms with Crippen LogP contribution in [0.4, 0.5) is 5.69 Å². The molecule has 0 aromatic heterocycles. The van der Waals surface area contributed by atoms with Gasteiger partial charge in [0.15, 0.2) is 0 Å². The Morgan fingerprint density at radius 2 is 1.69 bits per heavy atom. The number of aryl methyl sites for hydroxylation is 1. The van der Waals surface area contributed by atoms with Gasteiger partial charge in [-0.2, -0.15) is 0 Å². The molecule has 0 spiro atoms. The Bertz CT molecular complexity index is 826. The molecular weight excluding hydrogens is 334 g/mol. The van der Waals surface area contributed by atoms with Crippen LogP contribution >= 0.6 is 0 Å². The van der Waals surface area contributed by atoms with Crippen molar-refractivity contribution in [3.63, 3.8) is 0 Å². The van der Waals surface area contributed by atoms with Gasteiger partial charge < -0.3 is 14.4 Å². The number of rotatable bonds is 4. The molecule has 1 amide bonds. The average molecular weight is 353 g/mol. The summed E-state index contributed by atoms with van der Waals surface area (Å²) >= 11 is 0. The Labute approximate surface area is 151 Å². The minimum atomic E-state index is -0.524. The van der Waals surface area contributed by atoms with Crippen LogP contribution in [-0.2, 0) is 14.3 Å². The lowest BCUT2D eigenvalue weighted by molar-refractivity contribution is -0.139. The van der Waals surface area contributed by atoms with E-state index in [0.717, 1.165) is 11.3 Å². The maximum atomic E-state index is 12.4. The van der Waals surface area contributed by atoms with Gasteiger partial charge in [-0.1, -0.05) is 17.7 Å². The van der Waals surface area contributed by atoms with E-state index in [-0.39, 0.29) is 12.3 Å².